The summed E-state index contributed by atoms with van der Waals surface area (Å²) < 4.78 is 71.2. The zero-order valence-corrected chi connectivity index (χ0v) is 23.6. The minimum atomic E-state index is -0.457. The van der Waals surface area contributed by atoms with Gasteiger partial charge in [-0.2, -0.15) is 0 Å². The van der Waals surface area contributed by atoms with Gasteiger partial charge in [-0.3, -0.25) is 0 Å². The van der Waals surface area contributed by atoms with Gasteiger partial charge in [-0.25, -0.2) is 0 Å². The molecule has 0 saturated carbocycles. The lowest BCUT2D eigenvalue weighted by Gasteiger charge is -2.23. The molecule has 0 amide bonds. The number of rotatable bonds is 4. The molecule has 1 heterocycles. The molecule has 1 aliphatic carbocycles. The van der Waals surface area contributed by atoms with Crippen LogP contribution in [0.5, 0.6) is 0 Å². The molecule has 44 heavy (non-hydrogen) atoms. The van der Waals surface area contributed by atoms with Crippen LogP contribution in [0.1, 0.15) is 33.6 Å². The van der Waals surface area contributed by atoms with E-state index in [9.17, 15) is 0 Å². The van der Waals surface area contributed by atoms with E-state index in [1.165, 1.54) is 5.56 Å². The molecule has 8 aromatic rings. The summed E-state index contributed by atoms with van der Waals surface area (Å²) in [5.41, 5.74) is 10.5. The van der Waals surface area contributed by atoms with Crippen LogP contribution >= 0.6 is 0 Å². The van der Waals surface area contributed by atoms with Crippen LogP contribution in [0, 0.1) is 0 Å². The highest BCUT2D eigenvalue weighted by atomic mass is 15.0. The maximum Gasteiger partial charge on any atom is 0.0645 e. The van der Waals surface area contributed by atoms with Crippen molar-refractivity contribution in [1.82, 2.24) is 4.57 Å². The van der Waals surface area contributed by atoms with Crippen molar-refractivity contribution in [2.75, 3.05) is 0 Å². The van der Waals surface area contributed by atoms with Crippen LogP contribution in [0.2, 0.25) is 0 Å². The number of para-hydroxylation sites is 2. The molecule has 1 heteroatoms. The minimum Gasteiger partial charge on any atom is -0.309 e. The van der Waals surface area contributed by atoms with Gasteiger partial charge in [0.1, 0.15) is 0 Å². The van der Waals surface area contributed by atoms with E-state index in [4.69, 9.17) is 11.0 Å². The molecule has 0 N–H and O–H groups in total. The molecular weight excluding hydrogens is 530 g/mol. The Kier molecular flexibility index (Phi) is 4.10. The lowest BCUT2D eigenvalue weighted by atomic mass is 9.80. The van der Waals surface area contributed by atoms with Crippen molar-refractivity contribution in [3.05, 3.63) is 186 Å². The number of fused-ring (bicyclic) bond motifs is 6. The van der Waals surface area contributed by atoms with Crippen LogP contribution in [-0.4, -0.2) is 4.57 Å². The second-order valence-corrected chi connectivity index (χ2v) is 11.1. The molecule has 7 aromatic carbocycles. The molecule has 0 bridgehead atoms. The smallest absolute Gasteiger partial charge is 0.0645 e. The van der Waals surface area contributed by atoms with Crippen molar-refractivity contribution < 1.29 is 11.0 Å². The van der Waals surface area contributed by atoms with Gasteiger partial charge in [0.2, 0.25) is 0 Å². The molecule has 0 saturated heterocycles. The molecule has 0 radical (unpaired) electrons. The van der Waals surface area contributed by atoms with Crippen LogP contribution in [0.4, 0.5) is 0 Å². The highest BCUT2D eigenvalue weighted by Crippen LogP contribution is 2.53. The monoisotopic (exact) mass is 567 g/mol. The van der Waals surface area contributed by atoms with Crippen molar-refractivity contribution in [3.8, 4) is 39.1 Å². The summed E-state index contributed by atoms with van der Waals surface area (Å²) in [6.45, 7) is 0. The molecule has 1 nitrogen and oxygen atoms in total. The van der Waals surface area contributed by atoms with Gasteiger partial charge in [-0.1, -0.05) is 145 Å². The summed E-state index contributed by atoms with van der Waals surface area (Å²) in [5, 5.41) is 0.132. The fourth-order valence-corrected chi connectivity index (χ4v) is 6.93. The number of aromatic nitrogens is 1. The van der Waals surface area contributed by atoms with Gasteiger partial charge in [0, 0.05) is 22.4 Å². The van der Waals surface area contributed by atoms with E-state index in [0.717, 1.165) is 44.5 Å². The predicted octanol–water partition coefficient (Wildman–Crippen LogP) is 11.3. The largest absolute Gasteiger partial charge is 0.309 e. The maximum atomic E-state index is 8.99. The van der Waals surface area contributed by atoms with Gasteiger partial charge in [-0.15, -0.1) is 0 Å². The van der Waals surface area contributed by atoms with Crippen molar-refractivity contribution in [3.63, 3.8) is 0 Å². The fraction of sp³-hybridized carbons (Fsp3) is 0.0233. The van der Waals surface area contributed by atoms with E-state index in [1.807, 2.05) is 60.7 Å². The molecule has 0 fully saturated rings. The molecule has 1 aliphatic rings. The van der Waals surface area contributed by atoms with Gasteiger partial charge in [0.25, 0.3) is 0 Å². The van der Waals surface area contributed by atoms with E-state index in [0.29, 0.717) is 5.69 Å². The van der Waals surface area contributed by atoms with Crippen molar-refractivity contribution in [2.45, 2.75) is 5.92 Å². The summed E-state index contributed by atoms with van der Waals surface area (Å²) in [6, 6.07) is 38.3. The number of hydrogen-bond donors (Lipinski definition) is 0. The molecule has 1 aromatic heterocycles. The average molecular weight is 568 g/mol. The van der Waals surface area contributed by atoms with E-state index in [-0.39, 0.29) is 51.9 Å². The highest BCUT2D eigenvalue weighted by Gasteiger charge is 2.33. The number of hydrogen-bond acceptors (Lipinski definition) is 0. The van der Waals surface area contributed by atoms with E-state index < -0.39 is 24.2 Å². The van der Waals surface area contributed by atoms with Gasteiger partial charge in [-0.05, 0) is 74.3 Å². The first kappa shape index (κ1) is 18.1. The molecule has 0 spiro atoms. The standard InChI is InChI=1S/C43H29N/c1-3-14-29(15-4-1)32-22-13-23-33(30-16-5-2-6-17-30)42(32)43-37-21-8-7-18-34(37)39-28-31(26-27-38(39)43)44-40-24-11-9-19-35(40)36-20-10-12-25-41(36)44/h1-28,43H/i9D,10D,11D,12D,19D,20D,24D,25D. The van der Waals surface area contributed by atoms with Crippen molar-refractivity contribution in [1.29, 1.82) is 0 Å². The van der Waals surface area contributed by atoms with Gasteiger partial charge in [0.05, 0.1) is 22.0 Å². The molecular formula is C43H29N. The predicted molar refractivity (Wildman–Crippen MR) is 184 cm³/mol. The van der Waals surface area contributed by atoms with E-state index >= 15 is 0 Å². The van der Waals surface area contributed by atoms with E-state index in [2.05, 4.69) is 60.7 Å². The van der Waals surface area contributed by atoms with Crippen LogP contribution in [0.25, 0.3) is 60.9 Å². The average Bonchev–Trinajstić information content (AvgIpc) is 3.72. The first-order valence-corrected chi connectivity index (χ1v) is 14.7. The highest BCUT2D eigenvalue weighted by molar-refractivity contribution is 6.09. The Hall–Kier alpha value is -5.66. The lowest BCUT2D eigenvalue weighted by molar-refractivity contribution is 1.02. The second-order valence-electron chi connectivity index (χ2n) is 11.1. The van der Waals surface area contributed by atoms with Crippen LogP contribution in [-0.2, 0) is 0 Å². The summed E-state index contributed by atoms with van der Waals surface area (Å²) in [6.07, 6.45) is 0. The van der Waals surface area contributed by atoms with E-state index in [1.54, 1.807) is 4.57 Å². The van der Waals surface area contributed by atoms with Crippen LogP contribution < -0.4 is 0 Å². The summed E-state index contributed by atoms with van der Waals surface area (Å²) in [5.74, 6) is -0.153. The summed E-state index contributed by atoms with van der Waals surface area (Å²) in [7, 11) is 0. The molecule has 9 rings (SSSR count). The number of benzene rings is 7. The van der Waals surface area contributed by atoms with Crippen LogP contribution in [0.3, 0.4) is 0 Å². The zero-order valence-electron chi connectivity index (χ0n) is 31.6. The minimum absolute atomic E-state index is 0.0658. The van der Waals surface area contributed by atoms with Gasteiger partial charge >= 0.3 is 0 Å². The summed E-state index contributed by atoms with van der Waals surface area (Å²) in [4.78, 5) is 0. The third-order valence-corrected chi connectivity index (χ3v) is 8.77. The Morgan fingerprint density at radius 3 is 1.61 bits per heavy atom. The third kappa shape index (κ3) is 3.73. The Balaban J connectivity index is 1.37. The molecule has 0 aliphatic heterocycles. The first-order chi connectivity index (χ1) is 25.2. The molecule has 1 atom stereocenters. The van der Waals surface area contributed by atoms with Gasteiger partial charge < -0.3 is 4.57 Å². The zero-order chi connectivity index (χ0) is 36.0. The Morgan fingerprint density at radius 1 is 0.455 bits per heavy atom. The topological polar surface area (TPSA) is 4.93 Å². The Bertz CT molecular complexity index is 2640. The normalized spacial score (nSPS) is 16.2. The SMILES string of the molecule is [2H]c1c([2H])c([2H])c2c(c1[2H])c1c([2H])c([2H])c([2H])c([2H])c1n2-c1ccc2c(c1)-c1ccccc1C2c1c(-c2ccccc2)cccc1-c1ccccc1. The number of nitrogens with zero attached hydrogens (tertiary/aromatic N) is 1. The molecule has 206 valence electrons. The quantitative estimate of drug-likeness (QED) is 0.199. The van der Waals surface area contributed by atoms with Gasteiger partial charge in [0.15, 0.2) is 0 Å². The molecule has 1 unspecified atom stereocenters. The fourth-order valence-electron chi connectivity index (χ4n) is 6.93. The van der Waals surface area contributed by atoms with Crippen LogP contribution in [0.15, 0.2) is 170 Å². The second kappa shape index (κ2) is 9.97. The Labute approximate surface area is 268 Å². The summed E-state index contributed by atoms with van der Waals surface area (Å²) >= 11 is 0. The maximum absolute atomic E-state index is 8.99. The first-order valence-electron chi connectivity index (χ1n) is 18.7. The third-order valence-electron chi connectivity index (χ3n) is 8.77. The Morgan fingerprint density at radius 2 is 0.977 bits per heavy atom. The lowest BCUT2D eigenvalue weighted by Crippen LogP contribution is -2.05. The van der Waals surface area contributed by atoms with Crippen molar-refractivity contribution in [2.24, 2.45) is 0 Å². The van der Waals surface area contributed by atoms with Crippen molar-refractivity contribution >= 4 is 21.8 Å².